The van der Waals surface area contributed by atoms with E-state index in [2.05, 4.69) is 39.5 Å². The molecule has 0 aromatic heterocycles. The van der Waals surface area contributed by atoms with Crippen molar-refractivity contribution in [1.82, 2.24) is 0 Å². The zero-order chi connectivity index (χ0) is 12.8. The van der Waals surface area contributed by atoms with E-state index in [0.29, 0.717) is 6.61 Å². The van der Waals surface area contributed by atoms with E-state index in [-0.39, 0.29) is 6.04 Å². The highest BCUT2D eigenvalue weighted by Gasteiger charge is 2.08. The Morgan fingerprint density at radius 2 is 1.94 bits per heavy atom. The Kier molecular flexibility index (Phi) is 5.23. The lowest BCUT2D eigenvalue weighted by Gasteiger charge is -2.15. The fourth-order valence-corrected chi connectivity index (χ4v) is 1.97. The molecule has 94 valence electrons. The third kappa shape index (κ3) is 3.90. The number of rotatable bonds is 6. The van der Waals surface area contributed by atoms with Crippen molar-refractivity contribution in [3.8, 4) is 5.75 Å². The van der Waals surface area contributed by atoms with Crippen LogP contribution in [0.5, 0.6) is 5.75 Å². The number of hydrogen-bond acceptors (Lipinski definition) is 2. The number of benzene rings is 1. The summed E-state index contributed by atoms with van der Waals surface area (Å²) in [7, 11) is 0. The van der Waals surface area contributed by atoms with Gasteiger partial charge in [-0.1, -0.05) is 31.7 Å². The first kappa shape index (κ1) is 13.8. The normalized spacial score (nSPS) is 12.2. The average molecular weight is 233 g/mol. The highest BCUT2D eigenvalue weighted by atomic mass is 16.5. The molecular weight excluding hydrogens is 210 g/mol. The van der Waals surface area contributed by atoms with Gasteiger partial charge in [-0.15, -0.1) is 0 Å². The summed E-state index contributed by atoms with van der Waals surface area (Å²) in [6.07, 6.45) is 3.70. The molecule has 1 aromatic rings. The molecule has 0 saturated heterocycles. The van der Waals surface area contributed by atoms with Gasteiger partial charge in [0.1, 0.15) is 12.4 Å². The highest BCUT2D eigenvalue weighted by molar-refractivity contribution is 5.43. The summed E-state index contributed by atoms with van der Waals surface area (Å²) in [5.74, 6) is 0.971. The number of aryl methyl sites for hydroxylation is 2. The summed E-state index contributed by atoms with van der Waals surface area (Å²) >= 11 is 0. The minimum Gasteiger partial charge on any atom is -0.489 e. The second kappa shape index (κ2) is 6.45. The van der Waals surface area contributed by atoms with Crippen molar-refractivity contribution in [1.29, 1.82) is 0 Å². The van der Waals surface area contributed by atoms with Crippen LogP contribution in [0.4, 0.5) is 0 Å². The average Bonchev–Trinajstić information content (AvgIpc) is 2.28. The van der Waals surface area contributed by atoms with Gasteiger partial charge in [0.2, 0.25) is 0 Å². The molecule has 1 atom stereocenters. The fraction of sp³-hybridized carbons (Fsp3) is 0.467. The second-order valence-corrected chi connectivity index (χ2v) is 4.53. The molecule has 0 amide bonds. The van der Waals surface area contributed by atoms with Gasteiger partial charge in [0, 0.05) is 6.04 Å². The number of hydrogen-bond donors (Lipinski definition) is 1. The SMILES string of the molecule is C=CCOc1c(C)cc(CC(N)CC)cc1C. The van der Waals surface area contributed by atoms with Gasteiger partial charge in [0.05, 0.1) is 0 Å². The molecule has 0 radical (unpaired) electrons. The Morgan fingerprint density at radius 1 is 1.35 bits per heavy atom. The van der Waals surface area contributed by atoms with Crippen molar-refractivity contribution in [2.24, 2.45) is 5.73 Å². The smallest absolute Gasteiger partial charge is 0.125 e. The summed E-state index contributed by atoms with van der Waals surface area (Å²) < 4.78 is 5.65. The van der Waals surface area contributed by atoms with Crippen LogP contribution in [0.3, 0.4) is 0 Å². The lowest BCUT2D eigenvalue weighted by Crippen LogP contribution is -2.21. The van der Waals surface area contributed by atoms with Crippen LogP contribution in [0.1, 0.15) is 30.0 Å². The first-order valence-electron chi connectivity index (χ1n) is 6.17. The minimum atomic E-state index is 0.244. The summed E-state index contributed by atoms with van der Waals surface area (Å²) in [6, 6.07) is 4.58. The predicted molar refractivity (Wildman–Crippen MR) is 73.6 cm³/mol. The van der Waals surface area contributed by atoms with Gasteiger partial charge >= 0.3 is 0 Å². The molecule has 0 aliphatic rings. The van der Waals surface area contributed by atoms with Gasteiger partial charge in [-0.3, -0.25) is 0 Å². The summed E-state index contributed by atoms with van der Waals surface area (Å²) in [4.78, 5) is 0. The standard InChI is InChI=1S/C15H23NO/c1-5-7-17-15-11(3)8-13(9-12(15)4)10-14(16)6-2/h5,8-9,14H,1,6-7,10,16H2,2-4H3. The molecule has 0 bridgehead atoms. The van der Waals surface area contributed by atoms with Crippen LogP contribution in [0.15, 0.2) is 24.8 Å². The molecule has 0 fully saturated rings. The van der Waals surface area contributed by atoms with Crippen molar-refractivity contribution in [2.75, 3.05) is 6.61 Å². The van der Waals surface area contributed by atoms with Gasteiger partial charge in [0.15, 0.2) is 0 Å². The molecule has 2 nitrogen and oxygen atoms in total. The van der Waals surface area contributed by atoms with Crippen LogP contribution in [-0.4, -0.2) is 12.6 Å². The molecule has 1 aromatic carbocycles. The molecule has 2 N–H and O–H groups in total. The Balaban J connectivity index is 2.88. The van der Waals surface area contributed by atoms with Gasteiger partial charge in [-0.05, 0) is 43.4 Å². The van der Waals surface area contributed by atoms with E-state index in [1.54, 1.807) is 6.08 Å². The Labute approximate surface area is 104 Å². The number of nitrogens with two attached hydrogens (primary N) is 1. The molecule has 0 aliphatic carbocycles. The number of ether oxygens (including phenoxy) is 1. The van der Waals surface area contributed by atoms with Crippen LogP contribution in [0, 0.1) is 13.8 Å². The second-order valence-electron chi connectivity index (χ2n) is 4.53. The van der Waals surface area contributed by atoms with Gasteiger partial charge < -0.3 is 10.5 Å². The quantitative estimate of drug-likeness (QED) is 0.766. The fourth-order valence-electron chi connectivity index (χ4n) is 1.97. The van der Waals surface area contributed by atoms with Crippen LogP contribution in [-0.2, 0) is 6.42 Å². The van der Waals surface area contributed by atoms with E-state index in [1.807, 2.05) is 0 Å². The van der Waals surface area contributed by atoms with Crippen molar-refractivity contribution >= 4 is 0 Å². The maximum Gasteiger partial charge on any atom is 0.125 e. The summed E-state index contributed by atoms with van der Waals surface area (Å²) in [6.45, 7) is 10.5. The summed E-state index contributed by atoms with van der Waals surface area (Å²) in [5.41, 5.74) is 9.61. The largest absolute Gasteiger partial charge is 0.489 e. The zero-order valence-electron chi connectivity index (χ0n) is 11.1. The molecular formula is C15H23NO. The third-order valence-corrected chi connectivity index (χ3v) is 2.89. The Bertz CT molecular complexity index is 362. The Hall–Kier alpha value is -1.28. The van der Waals surface area contributed by atoms with Gasteiger partial charge in [0.25, 0.3) is 0 Å². The molecule has 0 aliphatic heterocycles. The molecule has 0 saturated carbocycles. The van der Waals surface area contributed by atoms with Crippen LogP contribution in [0.25, 0.3) is 0 Å². The molecule has 1 unspecified atom stereocenters. The van der Waals surface area contributed by atoms with Crippen molar-refractivity contribution in [3.05, 3.63) is 41.5 Å². The molecule has 2 heteroatoms. The first-order valence-corrected chi connectivity index (χ1v) is 6.17. The minimum absolute atomic E-state index is 0.244. The van der Waals surface area contributed by atoms with E-state index < -0.39 is 0 Å². The predicted octanol–water partition coefficient (Wildman–Crippen LogP) is 3.15. The monoisotopic (exact) mass is 233 g/mol. The van der Waals surface area contributed by atoms with E-state index >= 15 is 0 Å². The van der Waals surface area contributed by atoms with Crippen LogP contribution < -0.4 is 10.5 Å². The first-order chi connectivity index (χ1) is 8.08. The van der Waals surface area contributed by atoms with Crippen molar-refractivity contribution < 1.29 is 4.74 Å². The van der Waals surface area contributed by atoms with Gasteiger partial charge in [-0.25, -0.2) is 0 Å². The topological polar surface area (TPSA) is 35.2 Å². The van der Waals surface area contributed by atoms with E-state index in [0.717, 1.165) is 18.6 Å². The van der Waals surface area contributed by atoms with Gasteiger partial charge in [-0.2, -0.15) is 0 Å². The van der Waals surface area contributed by atoms with E-state index in [4.69, 9.17) is 10.5 Å². The lowest BCUT2D eigenvalue weighted by molar-refractivity contribution is 0.358. The molecule has 1 rings (SSSR count). The maximum absolute atomic E-state index is 5.98. The Morgan fingerprint density at radius 3 is 2.41 bits per heavy atom. The van der Waals surface area contributed by atoms with Crippen LogP contribution >= 0.6 is 0 Å². The highest BCUT2D eigenvalue weighted by Crippen LogP contribution is 2.25. The summed E-state index contributed by atoms with van der Waals surface area (Å²) in [5, 5.41) is 0. The molecule has 17 heavy (non-hydrogen) atoms. The third-order valence-electron chi connectivity index (χ3n) is 2.89. The van der Waals surface area contributed by atoms with E-state index in [1.165, 1.54) is 16.7 Å². The van der Waals surface area contributed by atoms with Crippen molar-refractivity contribution in [2.45, 2.75) is 39.7 Å². The van der Waals surface area contributed by atoms with Crippen molar-refractivity contribution in [3.63, 3.8) is 0 Å². The maximum atomic E-state index is 5.98. The zero-order valence-corrected chi connectivity index (χ0v) is 11.1. The van der Waals surface area contributed by atoms with Crippen LogP contribution in [0.2, 0.25) is 0 Å². The van der Waals surface area contributed by atoms with E-state index in [9.17, 15) is 0 Å². The molecule has 0 spiro atoms. The molecule has 0 heterocycles. The lowest BCUT2D eigenvalue weighted by atomic mass is 9.99.